The van der Waals surface area contributed by atoms with Crippen molar-refractivity contribution in [2.24, 2.45) is 0 Å². The van der Waals surface area contributed by atoms with E-state index in [1.165, 1.54) is 12.1 Å². The van der Waals surface area contributed by atoms with E-state index in [1.807, 2.05) is 4.57 Å². The predicted octanol–water partition coefficient (Wildman–Crippen LogP) is 2.15. The van der Waals surface area contributed by atoms with Gasteiger partial charge >= 0.3 is 0 Å². The van der Waals surface area contributed by atoms with Crippen LogP contribution in [0.15, 0.2) is 30.5 Å². The average molecular weight is 271 g/mol. The van der Waals surface area contributed by atoms with Crippen LogP contribution in [0.2, 0.25) is 0 Å². The molecular weight excluding hydrogens is 257 g/mol. The van der Waals surface area contributed by atoms with Crippen LogP contribution in [0.1, 0.15) is 6.92 Å². The van der Waals surface area contributed by atoms with E-state index in [-0.39, 0.29) is 5.82 Å². The topological polar surface area (TPSA) is 48.3 Å². The van der Waals surface area contributed by atoms with Gasteiger partial charge in [-0.3, -0.25) is 4.18 Å². The lowest BCUT2D eigenvalue weighted by Gasteiger charge is -2.12. The molecule has 0 fully saturated rings. The Morgan fingerprint density at radius 3 is 2.78 bits per heavy atom. The molecule has 2 rings (SSSR count). The zero-order valence-corrected chi connectivity index (χ0v) is 10.9. The van der Waals surface area contributed by atoms with Gasteiger partial charge in [0.05, 0.1) is 18.9 Å². The number of nitrogens with zero attached hydrogens (tertiary/aromatic N) is 1. The Bertz CT molecular complexity index is 663. The van der Waals surface area contributed by atoms with E-state index in [0.29, 0.717) is 6.54 Å². The SMILES string of the molecule is CC(Cn1ccc2cc(F)ccc21)OS(C)(=O)=O. The first-order valence-electron chi connectivity index (χ1n) is 5.48. The van der Waals surface area contributed by atoms with E-state index in [0.717, 1.165) is 17.2 Å². The fourth-order valence-electron chi connectivity index (χ4n) is 1.94. The molecule has 0 aliphatic rings. The van der Waals surface area contributed by atoms with Gasteiger partial charge in [-0.05, 0) is 31.2 Å². The van der Waals surface area contributed by atoms with Crippen molar-refractivity contribution in [2.45, 2.75) is 19.6 Å². The Kier molecular flexibility index (Phi) is 3.41. The van der Waals surface area contributed by atoms with Gasteiger partial charge in [-0.15, -0.1) is 0 Å². The van der Waals surface area contributed by atoms with Crippen LogP contribution in [0.25, 0.3) is 10.9 Å². The molecule has 0 aliphatic carbocycles. The van der Waals surface area contributed by atoms with Crippen LogP contribution in [-0.2, 0) is 20.8 Å². The molecule has 18 heavy (non-hydrogen) atoms. The second kappa shape index (κ2) is 4.70. The average Bonchev–Trinajstić information content (AvgIpc) is 2.57. The van der Waals surface area contributed by atoms with E-state index in [9.17, 15) is 12.8 Å². The van der Waals surface area contributed by atoms with E-state index >= 15 is 0 Å². The van der Waals surface area contributed by atoms with Crippen molar-refractivity contribution in [2.75, 3.05) is 6.26 Å². The lowest BCUT2D eigenvalue weighted by Crippen LogP contribution is -2.19. The summed E-state index contributed by atoms with van der Waals surface area (Å²) >= 11 is 0. The van der Waals surface area contributed by atoms with Crippen LogP contribution < -0.4 is 0 Å². The fraction of sp³-hybridized carbons (Fsp3) is 0.333. The third-order valence-corrected chi connectivity index (χ3v) is 3.20. The van der Waals surface area contributed by atoms with Crippen LogP contribution in [0, 0.1) is 5.82 Å². The molecule has 1 atom stereocenters. The van der Waals surface area contributed by atoms with E-state index in [1.54, 1.807) is 25.3 Å². The Hall–Kier alpha value is -1.40. The Labute approximate surface area is 105 Å². The summed E-state index contributed by atoms with van der Waals surface area (Å²) in [7, 11) is -3.46. The minimum absolute atomic E-state index is 0.291. The lowest BCUT2D eigenvalue weighted by molar-refractivity contribution is 0.211. The highest BCUT2D eigenvalue weighted by molar-refractivity contribution is 7.86. The highest BCUT2D eigenvalue weighted by Crippen LogP contribution is 2.18. The van der Waals surface area contributed by atoms with E-state index in [2.05, 4.69) is 0 Å². The van der Waals surface area contributed by atoms with E-state index in [4.69, 9.17) is 4.18 Å². The van der Waals surface area contributed by atoms with Crippen molar-refractivity contribution >= 4 is 21.0 Å². The highest BCUT2D eigenvalue weighted by Gasteiger charge is 2.12. The second-order valence-electron chi connectivity index (χ2n) is 4.28. The highest BCUT2D eigenvalue weighted by atomic mass is 32.2. The van der Waals surface area contributed by atoms with Gasteiger partial charge in [-0.25, -0.2) is 4.39 Å². The summed E-state index contributed by atoms with van der Waals surface area (Å²) in [5.74, 6) is -0.291. The summed E-state index contributed by atoms with van der Waals surface area (Å²) in [5.41, 5.74) is 0.848. The Balaban J connectivity index is 2.22. The van der Waals surface area contributed by atoms with Gasteiger partial charge in [-0.2, -0.15) is 8.42 Å². The largest absolute Gasteiger partial charge is 0.345 e. The molecule has 1 heterocycles. The van der Waals surface area contributed by atoms with Crippen molar-refractivity contribution in [3.05, 3.63) is 36.3 Å². The molecule has 0 N–H and O–H groups in total. The van der Waals surface area contributed by atoms with Crippen LogP contribution in [0.3, 0.4) is 0 Å². The number of benzene rings is 1. The third-order valence-electron chi connectivity index (χ3n) is 2.53. The van der Waals surface area contributed by atoms with Gasteiger partial charge in [0, 0.05) is 17.1 Å². The van der Waals surface area contributed by atoms with E-state index < -0.39 is 16.2 Å². The summed E-state index contributed by atoms with van der Waals surface area (Å²) < 4.78 is 41.7. The molecule has 98 valence electrons. The third kappa shape index (κ3) is 3.08. The molecule has 1 unspecified atom stereocenters. The minimum atomic E-state index is -3.46. The summed E-state index contributed by atoms with van der Waals surface area (Å²) in [4.78, 5) is 0. The maximum Gasteiger partial charge on any atom is 0.264 e. The first kappa shape index (κ1) is 13.0. The van der Waals surface area contributed by atoms with Crippen molar-refractivity contribution in [3.63, 3.8) is 0 Å². The number of rotatable bonds is 4. The summed E-state index contributed by atoms with van der Waals surface area (Å²) in [6.45, 7) is 2.07. The zero-order chi connectivity index (χ0) is 13.3. The molecular formula is C12H14FNO3S. The number of hydrogen-bond donors (Lipinski definition) is 0. The quantitative estimate of drug-likeness (QED) is 0.800. The molecule has 0 saturated heterocycles. The van der Waals surface area contributed by atoms with Crippen molar-refractivity contribution in [1.82, 2.24) is 4.57 Å². The maximum absolute atomic E-state index is 13.0. The summed E-state index contributed by atoms with van der Waals surface area (Å²) in [5, 5.41) is 0.779. The molecule has 0 radical (unpaired) electrons. The molecule has 6 heteroatoms. The maximum atomic E-state index is 13.0. The van der Waals surface area contributed by atoms with Gasteiger partial charge in [0.1, 0.15) is 5.82 Å². The number of aromatic nitrogens is 1. The van der Waals surface area contributed by atoms with Gasteiger partial charge in [-0.1, -0.05) is 0 Å². The molecule has 0 aliphatic heterocycles. The van der Waals surface area contributed by atoms with Gasteiger partial charge in [0.25, 0.3) is 10.1 Å². The minimum Gasteiger partial charge on any atom is -0.345 e. The fourth-order valence-corrected chi connectivity index (χ4v) is 2.59. The standard InChI is InChI=1S/C12H14FNO3S/c1-9(17-18(2,15)16)8-14-6-5-10-7-11(13)3-4-12(10)14/h3-7,9H,8H2,1-2H3. The first-order valence-corrected chi connectivity index (χ1v) is 7.29. The second-order valence-corrected chi connectivity index (χ2v) is 5.88. The summed E-state index contributed by atoms with van der Waals surface area (Å²) in [6.07, 6.45) is 2.33. The van der Waals surface area contributed by atoms with Crippen molar-refractivity contribution in [3.8, 4) is 0 Å². The van der Waals surface area contributed by atoms with Gasteiger partial charge < -0.3 is 4.57 Å². The predicted molar refractivity (Wildman–Crippen MR) is 67.3 cm³/mol. The van der Waals surface area contributed by atoms with Crippen LogP contribution in [-0.4, -0.2) is 25.3 Å². The Morgan fingerprint density at radius 1 is 1.39 bits per heavy atom. The lowest BCUT2D eigenvalue weighted by atomic mass is 10.2. The monoisotopic (exact) mass is 271 g/mol. The smallest absolute Gasteiger partial charge is 0.264 e. The Morgan fingerprint density at radius 2 is 2.11 bits per heavy atom. The molecule has 0 spiro atoms. The molecule has 1 aromatic heterocycles. The van der Waals surface area contributed by atoms with Gasteiger partial charge in [0.2, 0.25) is 0 Å². The normalized spacial score (nSPS) is 13.9. The molecule has 2 aromatic rings. The molecule has 4 nitrogen and oxygen atoms in total. The number of fused-ring (bicyclic) bond motifs is 1. The van der Waals surface area contributed by atoms with Gasteiger partial charge in [0.15, 0.2) is 0 Å². The van der Waals surface area contributed by atoms with Crippen LogP contribution >= 0.6 is 0 Å². The molecule has 0 saturated carbocycles. The zero-order valence-electron chi connectivity index (χ0n) is 10.1. The summed E-state index contributed by atoms with van der Waals surface area (Å²) in [6, 6.07) is 6.26. The number of halogens is 1. The molecule has 0 amide bonds. The number of hydrogen-bond acceptors (Lipinski definition) is 3. The molecule has 1 aromatic carbocycles. The van der Waals surface area contributed by atoms with Crippen molar-refractivity contribution < 1.29 is 17.0 Å². The first-order chi connectivity index (χ1) is 8.35. The van der Waals surface area contributed by atoms with Crippen LogP contribution in [0.4, 0.5) is 4.39 Å². The van der Waals surface area contributed by atoms with Crippen LogP contribution in [0.5, 0.6) is 0 Å². The molecule has 0 bridgehead atoms. The van der Waals surface area contributed by atoms with Crippen molar-refractivity contribution in [1.29, 1.82) is 0 Å².